The van der Waals surface area contributed by atoms with E-state index in [1.54, 1.807) is 12.1 Å². The topological polar surface area (TPSA) is 52.9 Å². The van der Waals surface area contributed by atoms with Crippen molar-refractivity contribution in [3.8, 4) is 6.07 Å². The minimum absolute atomic E-state index is 0.0818. The Morgan fingerprint density at radius 3 is 2.67 bits per heavy atom. The van der Waals surface area contributed by atoms with Gasteiger partial charge in [0.2, 0.25) is 0 Å². The van der Waals surface area contributed by atoms with Gasteiger partial charge in [0.25, 0.3) is 0 Å². The molecule has 0 saturated carbocycles. The molecule has 0 radical (unpaired) electrons. The van der Waals surface area contributed by atoms with Crippen molar-refractivity contribution < 1.29 is 9.18 Å². The van der Waals surface area contributed by atoms with Crippen molar-refractivity contribution in [2.45, 2.75) is 32.1 Å². The summed E-state index contributed by atoms with van der Waals surface area (Å²) in [5.74, 6) is -0.617. The van der Waals surface area contributed by atoms with Crippen LogP contribution in [0.5, 0.6) is 0 Å². The Labute approximate surface area is 122 Å². The average molecular weight is 282 g/mol. The lowest BCUT2D eigenvalue weighted by molar-refractivity contribution is -0.116. The predicted octanol–water partition coefficient (Wildman–Crippen LogP) is 3.32. The quantitative estimate of drug-likeness (QED) is 0.859. The number of hydrogen-bond donors (Lipinski definition) is 1. The van der Waals surface area contributed by atoms with Crippen LogP contribution in [0.4, 0.5) is 4.39 Å². The van der Waals surface area contributed by atoms with E-state index in [0.717, 1.165) is 29.8 Å². The van der Waals surface area contributed by atoms with Gasteiger partial charge in [-0.3, -0.25) is 4.79 Å². The van der Waals surface area contributed by atoms with E-state index in [4.69, 9.17) is 0 Å². The summed E-state index contributed by atoms with van der Waals surface area (Å²) >= 11 is 0. The van der Waals surface area contributed by atoms with Crippen LogP contribution in [0.3, 0.4) is 0 Å². The maximum atomic E-state index is 13.2. The summed E-state index contributed by atoms with van der Waals surface area (Å²) in [6.45, 7) is 1.85. The fourth-order valence-electron chi connectivity index (χ4n) is 3.12. The molecule has 1 aromatic carbocycles. The maximum Gasteiger partial charge on any atom is 0.161 e. The molecule has 0 aromatic heterocycles. The van der Waals surface area contributed by atoms with E-state index in [1.807, 2.05) is 6.92 Å². The Morgan fingerprint density at radius 2 is 2.00 bits per heavy atom. The molecule has 0 amide bonds. The highest BCUT2D eigenvalue weighted by atomic mass is 19.1. The molecule has 1 N–H and O–H groups in total. The molecule has 2 aliphatic rings. The SMILES string of the molecule is CC1=C(C#N)[C@@H](c2ccc(F)cc2)C2=C(CCCC2=O)N1. The van der Waals surface area contributed by atoms with Crippen LogP contribution >= 0.6 is 0 Å². The standard InChI is InChI=1S/C17H15FN2O/c1-10-13(9-19)16(11-5-7-12(18)8-6-11)17-14(20-10)3-2-4-15(17)21/h5-8,16,20H,2-4H2,1H3/t16-/m1/s1. The van der Waals surface area contributed by atoms with Crippen LogP contribution in [0, 0.1) is 17.1 Å². The van der Waals surface area contributed by atoms with Crippen LogP contribution in [0.2, 0.25) is 0 Å². The highest BCUT2D eigenvalue weighted by Gasteiger charge is 2.35. The Kier molecular flexibility index (Phi) is 3.34. The van der Waals surface area contributed by atoms with E-state index in [-0.39, 0.29) is 17.5 Å². The Bertz CT molecular complexity index is 707. The number of halogens is 1. The van der Waals surface area contributed by atoms with Gasteiger partial charge < -0.3 is 5.32 Å². The summed E-state index contributed by atoms with van der Waals surface area (Å²) in [5, 5.41) is 12.7. The molecule has 21 heavy (non-hydrogen) atoms. The van der Waals surface area contributed by atoms with Crippen LogP contribution in [0.1, 0.15) is 37.7 Å². The lowest BCUT2D eigenvalue weighted by Crippen LogP contribution is -2.31. The van der Waals surface area contributed by atoms with Crippen LogP contribution in [-0.4, -0.2) is 5.78 Å². The lowest BCUT2D eigenvalue weighted by Gasteiger charge is -2.32. The van der Waals surface area contributed by atoms with E-state index in [0.29, 0.717) is 17.6 Å². The molecular formula is C17H15FN2O. The highest BCUT2D eigenvalue weighted by molar-refractivity contribution is 5.99. The van der Waals surface area contributed by atoms with Crippen molar-refractivity contribution in [2.75, 3.05) is 0 Å². The number of ketones is 1. The first-order valence-electron chi connectivity index (χ1n) is 7.01. The van der Waals surface area contributed by atoms with Gasteiger partial charge >= 0.3 is 0 Å². The van der Waals surface area contributed by atoms with Gasteiger partial charge in [0.05, 0.1) is 17.6 Å². The molecule has 1 aliphatic heterocycles. The van der Waals surface area contributed by atoms with Crippen molar-refractivity contribution in [1.29, 1.82) is 5.26 Å². The summed E-state index contributed by atoms with van der Waals surface area (Å²) in [5.41, 5.74) is 3.69. The smallest absolute Gasteiger partial charge is 0.161 e. The van der Waals surface area contributed by atoms with Crippen LogP contribution < -0.4 is 5.32 Å². The molecule has 1 atom stereocenters. The molecule has 4 heteroatoms. The number of nitriles is 1. The van der Waals surface area contributed by atoms with Crippen molar-refractivity contribution in [3.63, 3.8) is 0 Å². The monoisotopic (exact) mass is 282 g/mol. The summed E-state index contributed by atoms with van der Waals surface area (Å²) in [6.07, 6.45) is 2.15. The second-order valence-electron chi connectivity index (χ2n) is 5.43. The normalized spacial score (nSPS) is 21.8. The molecule has 1 heterocycles. The predicted molar refractivity (Wildman–Crippen MR) is 76.5 cm³/mol. The van der Waals surface area contributed by atoms with E-state index in [9.17, 15) is 14.4 Å². The zero-order valence-electron chi connectivity index (χ0n) is 11.7. The number of carbonyl (C=O) groups excluding carboxylic acids is 1. The average Bonchev–Trinajstić information content (AvgIpc) is 2.47. The van der Waals surface area contributed by atoms with Crippen LogP contribution in [0.25, 0.3) is 0 Å². The lowest BCUT2D eigenvalue weighted by atomic mass is 9.76. The molecule has 1 aromatic rings. The Hall–Kier alpha value is -2.41. The minimum Gasteiger partial charge on any atom is -0.361 e. The number of nitrogens with zero attached hydrogens (tertiary/aromatic N) is 1. The summed E-state index contributed by atoms with van der Waals surface area (Å²) in [7, 11) is 0. The van der Waals surface area contributed by atoms with Crippen molar-refractivity contribution in [3.05, 3.63) is 58.2 Å². The van der Waals surface area contributed by atoms with Crippen molar-refractivity contribution >= 4 is 5.78 Å². The Morgan fingerprint density at radius 1 is 1.29 bits per heavy atom. The number of dihydropyridines is 1. The third kappa shape index (κ3) is 2.25. The van der Waals surface area contributed by atoms with E-state index >= 15 is 0 Å². The number of nitrogens with one attached hydrogen (secondary N) is 1. The largest absolute Gasteiger partial charge is 0.361 e. The molecule has 0 saturated heterocycles. The second kappa shape index (κ2) is 5.17. The van der Waals surface area contributed by atoms with Crippen LogP contribution in [-0.2, 0) is 4.79 Å². The zero-order chi connectivity index (χ0) is 15.0. The van der Waals surface area contributed by atoms with Gasteiger partial charge in [-0.25, -0.2) is 4.39 Å². The molecule has 0 fully saturated rings. The number of Topliss-reactive ketones (excluding diaryl/α,β-unsaturated/α-hetero) is 1. The van der Waals surface area contributed by atoms with E-state index < -0.39 is 0 Å². The fraction of sp³-hybridized carbons (Fsp3) is 0.294. The molecule has 106 valence electrons. The third-order valence-electron chi connectivity index (χ3n) is 4.10. The fourth-order valence-corrected chi connectivity index (χ4v) is 3.12. The number of allylic oxidation sites excluding steroid dienone is 4. The van der Waals surface area contributed by atoms with E-state index in [1.165, 1.54) is 12.1 Å². The summed E-state index contributed by atoms with van der Waals surface area (Å²) in [6, 6.07) is 8.26. The Balaban J connectivity index is 2.17. The third-order valence-corrected chi connectivity index (χ3v) is 4.10. The van der Waals surface area contributed by atoms with Gasteiger partial charge in [0, 0.05) is 23.4 Å². The number of carbonyl (C=O) groups is 1. The van der Waals surface area contributed by atoms with Gasteiger partial charge in [-0.15, -0.1) is 0 Å². The van der Waals surface area contributed by atoms with Crippen LogP contribution in [0.15, 0.2) is 46.8 Å². The molecule has 0 unspecified atom stereocenters. The maximum absolute atomic E-state index is 13.2. The van der Waals surface area contributed by atoms with Gasteiger partial charge in [0.1, 0.15) is 5.82 Å². The molecule has 1 aliphatic carbocycles. The van der Waals surface area contributed by atoms with Crippen molar-refractivity contribution in [2.24, 2.45) is 0 Å². The molecule has 3 rings (SSSR count). The van der Waals surface area contributed by atoms with Gasteiger partial charge in [0.15, 0.2) is 5.78 Å². The second-order valence-corrected chi connectivity index (χ2v) is 5.43. The summed E-state index contributed by atoms with van der Waals surface area (Å²) in [4.78, 5) is 12.3. The molecule has 0 bridgehead atoms. The first-order valence-corrected chi connectivity index (χ1v) is 7.01. The highest BCUT2D eigenvalue weighted by Crippen LogP contribution is 2.41. The molecule has 3 nitrogen and oxygen atoms in total. The number of benzene rings is 1. The van der Waals surface area contributed by atoms with E-state index in [2.05, 4.69) is 11.4 Å². The minimum atomic E-state index is -0.375. The number of hydrogen-bond acceptors (Lipinski definition) is 3. The zero-order valence-corrected chi connectivity index (χ0v) is 11.7. The first kappa shape index (κ1) is 13.6. The van der Waals surface area contributed by atoms with Gasteiger partial charge in [-0.05, 0) is 37.5 Å². The first-order chi connectivity index (χ1) is 10.1. The van der Waals surface area contributed by atoms with Gasteiger partial charge in [-0.1, -0.05) is 12.1 Å². The van der Waals surface area contributed by atoms with Gasteiger partial charge in [-0.2, -0.15) is 5.26 Å². The summed E-state index contributed by atoms with van der Waals surface area (Å²) < 4.78 is 13.2. The number of rotatable bonds is 1. The molecular weight excluding hydrogens is 267 g/mol. The molecule has 0 spiro atoms. The van der Waals surface area contributed by atoms with Crippen molar-refractivity contribution in [1.82, 2.24) is 5.32 Å².